The maximum atomic E-state index is 12.3. The number of hydrogen-bond donors (Lipinski definition) is 1. The molecule has 3 nitrogen and oxygen atoms in total. The predicted octanol–water partition coefficient (Wildman–Crippen LogP) is 3.09. The van der Waals surface area contributed by atoms with Gasteiger partial charge in [0.2, 0.25) is 5.91 Å². The molecule has 2 heterocycles. The Morgan fingerprint density at radius 2 is 1.95 bits per heavy atom. The van der Waals surface area contributed by atoms with Crippen molar-refractivity contribution in [1.82, 2.24) is 10.2 Å². The summed E-state index contributed by atoms with van der Waals surface area (Å²) in [7, 11) is 0. The SMILES string of the molecule is O=C(NCCCN1CCCCCC1)C1Cc2ccccc2S1. The van der Waals surface area contributed by atoms with Crippen LogP contribution in [0.5, 0.6) is 0 Å². The fourth-order valence-corrected chi connectivity index (χ4v) is 4.54. The molecule has 3 rings (SSSR count). The smallest absolute Gasteiger partial charge is 0.233 e. The van der Waals surface area contributed by atoms with Crippen molar-refractivity contribution in [2.45, 2.75) is 48.7 Å². The number of rotatable bonds is 5. The van der Waals surface area contributed by atoms with E-state index in [9.17, 15) is 4.79 Å². The number of nitrogens with one attached hydrogen (secondary N) is 1. The molecule has 22 heavy (non-hydrogen) atoms. The first-order chi connectivity index (χ1) is 10.8. The van der Waals surface area contributed by atoms with E-state index in [1.54, 1.807) is 11.8 Å². The zero-order chi connectivity index (χ0) is 15.2. The van der Waals surface area contributed by atoms with Crippen molar-refractivity contribution in [2.24, 2.45) is 0 Å². The minimum absolute atomic E-state index is 0.0654. The zero-order valence-corrected chi connectivity index (χ0v) is 14.0. The number of likely N-dealkylation sites (tertiary alicyclic amines) is 1. The third kappa shape index (κ3) is 4.26. The van der Waals surface area contributed by atoms with Gasteiger partial charge in [0.05, 0.1) is 5.25 Å². The largest absolute Gasteiger partial charge is 0.355 e. The van der Waals surface area contributed by atoms with Gasteiger partial charge >= 0.3 is 0 Å². The Bertz CT molecular complexity index is 473. The highest BCUT2D eigenvalue weighted by molar-refractivity contribution is 8.01. The standard InChI is InChI=1S/C18H26N2OS/c21-18(17-14-15-8-3-4-9-16(15)22-17)19-10-7-13-20-11-5-1-2-6-12-20/h3-4,8-9,17H,1-2,5-7,10-14H2,(H,19,21). The minimum Gasteiger partial charge on any atom is -0.355 e. The lowest BCUT2D eigenvalue weighted by molar-refractivity contribution is -0.120. The van der Waals surface area contributed by atoms with Gasteiger partial charge < -0.3 is 10.2 Å². The lowest BCUT2D eigenvalue weighted by atomic mass is 10.1. The van der Waals surface area contributed by atoms with Crippen molar-refractivity contribution in [2.75, 3.05) is 26.2 Å². The summed E-state index contributed by atoms with van der Waals surface area (Å²) in [6, 6.07) is 8.36. The predicted molar refractivity (Wildman–Crippen MR) is 92.3 cm³/mol. The Kier molecular flexibility index (Phi) is 5.79. The van der Waals surface area contributed by atoms with Gasteiger partial charge in [-0.25, -0.2) is 0 Å². The summed E-state index contributed by atoms with van der Waals surface area (Å²) >= 11 is 1.71. The van der Waals surface area contributed by atoms with Crippen LogP contribution in [0.4, 0.5) is 0 Å². The van der Waals surface area contributed by atoms with Crippen molar-refractivity contribution >= 4 is 17.7 Å². The highest BCUT2D eigenvalue weighted by atomic mass is 32.2. The number of carbonyl (C=O) groups is 1. The highest BCUT2D eigenvalue weighted by Gasteiger charge is 2.27. The minimum atomic E-state index is 0.0654. The molecule has 0 radical (unpaired) electrons. The van der Waals surface area contributed by atoms with Gasteiger partial charge in [-0.15, -0.1) is 11.8 Å². The van der Waals surface area contributed by atoms with Crippen LogP contribution < -0.4 is 5.32 Å². The van der Waals surface area contributed by atoms with E-state index in [0.717, 1.165) is 25.9 Å². The molecule has 4 heteroatoms. The molecule has 120 valence electrons. The van der Waals surface area contributed by atoms with Crippen LogP contribution in [-0.2, 0) is 11.2 Å². The maximum Gasteiger partial charge on any atom is 0.233 e. The molecule has 1 aromatic rings. The topological polar surface area (TPSA) is 32.3 Å². The summed E-state index contributed by atoms with van der Waals surface area (Å²) in [5.41, 5.74) is 1.32. The first kappa shape index (κ1) is 15.9. The van der Waals surface area contributed by atoms with Gasteiger partial charge in [0.25, 0.3) is 0 Å². The Hall–Kier alpha value is -1.00. The van der Waals surface area contributed by atoms with E-state index >= 15 is 0 Å². The molecule has 0 saturated carbocycles. The van der Waals surface area contributed by atoms with Crippen LogP contribution in [-0.4, -0.2) is 42.2 Å². The second-order valence-electron chi connectivity index (χ2n) is 6.32. The van der Waals surface area contributed by atoms with Gasteiger partial charge in [-0.05, 0) is 56.9 Å². The second kappa shape index (κ2) is 8.02. The van der Waals surface area contributed by atoms with E-state index in [-0.39, 0.29) is 11.2 Å². The van der Waals surface area contributed by atoms with E-state index in [1.807, 2.05) is 6.07 Å². The zero-order valence-electron chi connectivity index (χ0n) is 13.2. The molecule has 0 aromatic heterocycles. The molecule has 1 amide bonds. The highest BCUT2D eigenvalue weighted by Crippen LogP contribution is 2.36. The van der Waals surface area contributed by atoms with Gasteiger partial charge in [0.1, 0.15) is 0 Å². The van der Waals surface area contributed by atoms with Crippen molar-refractivity contribution in [3.05, 3.63) is 29.8 Å². The van der Waals surface area contributed by atoms with E-state index in [0.29, 0.717) is 0 Å². The third-order valence-electron chi connectivity index (χ3n) is 4.59. The Balaban J connectivity index is 1.35. The van der Waals surface area contributed by atoms with Crippen LogP contribution in [0.25, 0.3) is 0 Å². The molecule has 0 spiro atoms. The normalized spacial score (nSPS) is 22.1. The molecule has 1 saturated heterocycles. The average molecular weight is 318 g/mol. The lowest BCUT2D eigenvalue weighted by Crippen LogP contribution is -2.35. The van der Waals surface area contributed by atoms with E-state index < -0.39 is 0 Å². The van der Waals surface area contributed by atoms with Crippen LogP contribution in [0.2, 0.25) is 0 Å². The summed E-state index contributed by atoms with van der Waals surface area (Å²) in [5.74, 6) is 0.206. The summed E-state index contributed by atoms with van der Waals surface area (Å²) in [5, 5.41) is 3.19. The van der Waals surface area contributed by atoms with E-state index in [4.69, 9.17) is 0 Å². The van der Waals surface area contributed by atoms with Gasteiger partial charge in [-0.3, -0.25) is 4.79 Å². The first-order valence-corrected chi connectivity index (χ1v) is 9.45. The van der Waals surface area contributed by atoms with Crippen molar-refractivity contribution < 1.29 is 4.79 Å². The Morgan fingerprint density at radius 1 is 1.18 bits per heavy atom. The number of benzene rings is 1. The van der Waals surface area contributed by atoms with Gasteiger partial charge in [-0.2, -0.15) is 0 Å². The summed E-state index contributed by atoms with van der Waals surface area (Å²) < 4.78 is 0. The van der Waals surface area contributed by atoms with E-state index in [1.165, 1.54) is 49.2 Å². The summed E-state index contributed by atoms with van der Waals surface area (Å²) in [4.78, 5) is 16.1. The fraction of sp³-hybridized carbons (Fsp3) is 0.611. The van der Waals surface area contributed by atoms with Gasteiger partial charge in [0.15, 0.2) is 0 Å². The number of thioether (sulfide) groups is 1. The van der Waals surface area contributed by atoms with Crippen LogP contribution in [0.3, 0.4) is 0 Å². The third-order valence-corrected chi connectivity index (χ3v) is 5.91. The molecule has 1 fully saturated rings. The summed E-state index contributed by atoms with van der Waals surface area (Å²) in [6.45, 7) is 4.41. The molecule has 1 atom stereocenters. The quantitative estimate of drug-likeness (QED) is 0.847. The van der Waals surface area contributed by atoms with E-state index in [2.05, 4.69) is 28.4 Å². The number of nitrogens with zero attached hydrogens (tertiary/aromatic N) is 1. The van der Waals surface area contributed by atoms with Crippen LogP contribution in [0.1, 0.15) is 37.7 Å². The molecule has 0 aliphatic carbocycles. The van der Waals surface area contributed by atoms with Crippen molar-refractivity contribution in [1.29, 1.82) is 0 Å². The second-order valence-corrected chi connectivity index (χ2v) is 7.56. The Labute approximate surface area is 137 Å². The number of carbonyl (C=O) groups excluding carboxylic acids is 1. The summed E-state index contributed by atoms with van der Waals surface area (Å²) in [6.07, 6.45) is 7.38. The molecule has 1 aromatic carbocycles. The van der Waals surface area contributed by atoms with Crippen LogP contribution in [0.15, 0.2) is 29.2 Å². The van der Waals surface area contributed by atoms with Gasteiger partial charge in [-0.1, -0.05) is 31.0 Å². The lowest BCUT2D eigenvalue weighted by Gasteiger charge is -2.19. The molecule has 0 bridgehead atoms. The van der Waals surface area contributed by atoms with Crippen LogP contribution >= 0.6 is 11.8 Å². The molecule has 1 N–H and O–H groups in total. The molecule has 2 aliphatic rings. The van der Waals surface area contributed by atoms with Crippen molar-refractivity contribution in [3.63, 3.8) is 0 Å². The van der Waals surface area contributed by atoms with Gasteiger partial charge in [0, 0.05) is 11.4 Å². The van der Waals surface area contributed by atoms with Crippen molar-refractivity contribution in [3.8, 4) is 0 Å². The fourth-order valence-electron chi connectivity index (χ4n) is 3.32. The molecule has 2 aliphatic heterocycles. The molecular formula is C18H26N2OS. The monoisotopic (exact) mass is 318 g/mol. The number of hydrogen-bond acceptors (Lipinski definition) is 3. The maximum absolute atomic E-state index is 12.3. The Morgan fingerprint density at radius 3 is 2.73 bits per heavy atom. The first-order valence-electron chi connectivity index (χ1n) is 8.57. The molecular weight excluding hydrogens is 292 g/mol. The molecule has 1 unspecified atom stereocenters. The van der Waals surface area contributed by atoms with Crippen LogP contribution in [0, 0.1) is 0 Å². The average Bonchev–Trinajstić information content (AvgIpc) is 2.81. The number of fused-ring (bicyclic) bond motifs is 1. The number of amides is 1.